The van der Waals surface area contributed by atoms with E-state index >= 15 is 0 Å². The quantitative estimate of drug-likeness (QED) is 0.809. The summed E-state index contributed by atoms with van der Waals surface area (Å²) in [6.45, 7) is 10.6. The maximum atomic E-state index is 12.4. The Labute approximate surface area is 165 Å². The average molecular weight is 388 g/mol. The molecule has 7 heteroatoms. The van der Waals surface area contributed by atoms with Gasteiger partial charge in [-0.2, -0.15) is 0 Å². The first-order chi connectivity index (χ1) is 13.0. The lowest BCUT2D eigenvalue weighted by Gasteiger charge is -2.25. The van der Waals surface area contributed by atoms with Crippen molar-refractivity contribution in [3.63, 3.8) is 0 Å². The number of aromatic nitrogens is 3. The van der Waals surface area contributed by atoms with Gasteiger partial charge in [-0.05, 0) is 43.3 Å². The fraction of sp³-hybridized carbons (Fsp3) is 0.650. The van der Waals surface area contributed by atoms with Crippen molar-refractivity contribution in [1.82, 2.24) is 24.6 Å². The Kier molecular flexibility index (Phi) is 5.32. The van der Waals surface area contributed by atoms with Crippen LogP contribution in [0.2, 0.25) is 0 Å². The summed E-state index contributed by atoms with van der Waals surface area (Å²) in [5, 5.41) is 11.3. The second-order valence-electron chi connectivity index (χ2n) is 8.01. The minimum absolute atomic E-state index is 0.0485. The molecule has 0 radical (unpaired) electrons. The average Bonchev–Trinajstić information content (AvgIpc) is 3.33. The minimum atomic E-state index is 0.0485. The van der Waals surface area contributed by atoms with Crippen LogP contribution in [0.5, 0.6) is 0 Å². The Bertz CT molecular complexity index is 811. The molecule has 2 aliphatic heterocycles. The molecule has 1 fully saturated rings. The molecule has 1 saturated heterocycles. The van der Waals surface area contributed by atoms with Crippen molar-refractivity contribution in [3.8, 4) is 0 Å². The van der Waals surface area contributed by atoms with Crippen LogP contribution in [0.15, 0.2) is 11.4 Å². The Hall–Kier alpha value is -1.73. The predicted octanol–water partition coefficient (Wildman–Crippen LogP) is 3.03. The molecule has 2 aliphatic rings. The minimum Gasteiger partial charge on any atom is -0.340 e. The van der Waals surface area contributed by atoms with Gasteiger partial charge < -0.3 is 9.47 Å². The van der Waals surface area contributed by atoms with Gasteiger partial charge in [0.2, 0.25) is 5.91 Å². The molecule has 4 heterocycles. The van der Waals surface area contributed by atoms with Gasteiger partial charge in [0, 0.05) is 43.4 Å². The maximum absolute atomic E-state index is 12.4. The first kappa shape index (κ1) is 18.6. The standard InChI is InChI=1S/C20H29N5OS/c1-14(2)20(26)23-9-6-18-21-22-19(25(18)11-10-23)16-5-4-8-24(16)13-17-15(3)7-12-27-17/h7,12,14,16H,4-6,8-11,13H2,1-3H3. The summed E-state index contributed by atoms with van der Waals surface area (Å²) >= 11 is 1.85. The van der Waals surface area contributed by atoms with E-state index in [-0.39, 0.29) is 11.8 Å². The summed E-state index contributed by atoms with van der Waals surface area (Å²) in [6.07, 6.45) is 3.13. The lowest BCUT2D eigenvalue weighted by Crippen LogP contribution is -2.36. The van der Waals surface area contributed by atoms with E-state index in [9.17, 15) is 4.79 Å². The van der Waals surface area contributed by atoms with Crippen LogP contribution in [-0.2, 0) is 24.3 Å². The van der Waals surface area contributed by atoms with Gasteiger partial charge in [-0.3, -0.25) is 9.69 Å². The largest absolute Gasteiger partial charge is 0.340 e. The van der Waals surface area contributed by atoms with E-state index in [2.05, 4.69) is 38.0 Å². The Balaban J connectivity index is 1.52. The normalized spacial score (nSPS) is 20.9. The number of nitrogens with zero attached hydrogens (tertiary/aromatic N) is 5. The van der Waals surface area contributed by atoms with Crippen LogP contribution < -0.4 is 0 Å². The van der Waals surface area contributed by atoms with Crippen molar-refractivity contribution in [2.45, 2.75) is 59.2 Å². The van der Waals surface area contributed by atoms with Crippen LogP contribution in [0.3, 0.4) is 0 Å². The zero-order chi connectivity index (χ0) is 19.0. The van der Waals surface area contributed by atoms with Crippen molar-refractivity contribution in [2.24, 2.45) is 5.92 Å². The molecule has 0 N–H and O–H groups in total. The summed E-state index contributed by atoms with van der Waals surface area (Å²) in [4.78, 5) is 18.4. The first-order valence-electron chi connectivity index (χ1n) is 10.0. The van der Waals surface area contributed by atoms with Crippen LogP contribution in [-0.4, -0.2) is 50.1 Å². The van der Waals surface area contributed by atoms with Gasteiger partial charge in [0.15, 0.2) is 0 Å². The molecule has 1 amide bonds. The number of thiophene rings is 1. The van der Waals surface area contributed by atoms with Crippen LogP contribution in [0.25, 0.3) is 0 Å². The third-order valence-corrected chi connectivity index (χ3v) is 6.84. The Morgan fingerprint density at radius 3 is 2.85 bits per heavy atom. The molecule has 0 aromatic carbocycles. The lowest BCUT2D eigenvalue weighted by molar-refractivity contribution is -0.134. The highest BCUT2D eigenvalue weighted by atomic mass is 32.1. The van der Waals surface area contributed by atoms with Crippen LogP contribution in [0.1, 0.15) is 54.8 Å². The molecular weight excluding hydrogens is 358 g/mol. The van der Waals surface area contributed by atoms with Crippen LogP contribution in [0.4, 0.5) is 0 Å². The summed E-state index contributed by atoms with van der Waals surface area (Å²) in [5.74, 6) is 2.41. The smallest absolute Gasteiger partial charge is 0.225 e. The van der Waals surface area contributed by atoms with Crippen molar-refractivity contribution in [2.75, 3.05) is 19.6 Å². The van der Waals surface area contributed by atoms with E-state index in [0.29, 0.717) is 6.04 Å². The first-order valence-corrected chi connectivity index (χ1v) is 10.9. The number of aryl methyl sites for hydroxylation is 1. The number of carbonyl (C=O) groups excluding carboxylic acids is 1. The molecule has 1 unspecified atom stereocenters. The van der Waals surface area contributed by atoms with E-state index in [1.807, 2.05) is 30.1 Å². The maximum Gasteiger partial charge on any atom is 0.225 e. The predicted molar refractivity (Wildman–Crippen MR) is 107 cm³/mol. The molecule has 0 aliphatic carbocycles. The molecule has 146 valence electrons. The van der Waals surface area contributed by atoms with Gasteiger partial charge in [0.25, 0.3) is 0 Å². The highest BCUT2D eigenvalue weighted by Gasteiger charge is 2.32. The molecule has 1 atom stereocenters. The number of hydrogen-bond acceptors (Lipinski definition) is 5. The van der Waals surface area contributed by atoms with Gasteiger partial charge in [-0.1, -0.05) is 13.8 Å². The summed E-state index contributed by atoms with van der Waals surface area (Å²) in [6, 6.07) is 2.54. The summed E-state index contributed by atoms with van der Waals surface area (Å²) < 4.78 is 2.29. The second kappa shape index (κ2) is 7.72. The number of carbonyl (C=O) groups is 1. The van der Waals surface area contributed by atoms with Crippen LogP contribution >= 0.6 is 11.3 Å². The molecule has 2 aromatic heterocycles. The second-order valence-corrected chi connectivity index (χ2v) is 9.01. The zero-order valence-corrected chi connectivity index (χ0v) is 17.3. The monoisotopic (exact) mass is 387 g/mol. The van der Waals surface area contributed by atoms with Crippen LogP contribution in [0, 0.1) is 12.8 Å². The molecule has 6 nitrogen and oxygen atoms in total. The molecule has 0 bridgehead atoms. The van der Waals surface area contributed by atoms with E-state index in [1.54, 1.807) is 0 Å². The molecular formula is C20H29N5OS. The summed E-state index contributed by atoms with van der Waals surface area (Å²) in [5.41, 5.74) is 1.38. The van der Waals surface area contributed by atoms with Crippen molar-refractivity contribution in [3.05, 3.63) is 33.5 Å². The van der Waals surface area contributed by atoms with Gasteiger partial charge in [0.1, 0.15) is 11.6 Å². The topological polar surface area (TPSA) is 54.3 Å². The highest BCUT2D eigenvalue weighted by Crippen LogP contribution is 2.34. The van der Waals surface area contributed by atoms with E-state index in [1.165, 1.54) is 16.9 Å². The molecule has 0 spiro atoms. The fourth-order valence-corrected chi connectivity index (χ4v) is 5.17. The Morgan fingerprint density at radius 2 is 2.11 bits per heavy atom. The number of rotatable bonds is 4. The third kappa shape index (κ3) is 3.67. The van der Waals surface area contributed by atoms with Crippen molar-refractivity contribution in [1.29, 1.82) is 0 Å². The van der Waals surface area contributed by atoms with E-state index in [0.717, 1.165) is 57.2 Å². The SMILES string of the molecule is Cc1ccsc1CN1CCCC1c1nnc2n1CCN(C(=O)C(C)C)CC2. The highest BCUT2D eigenvalue weighted by molar-refractivity contribution is 7.10. The molecule has 0 saturated carbocycles. The lowest BCUT2D eigenvalue weighted by atomic mass is 10.2. The number of likely N-dealkylation sites (tertiary alicyclic amines) is 1. The number of hydrogen-bond donors (Lipinski definition) is 0. The molecule has 2 aromatic rings. The van der Waals surface area contributed by atoms with Crippen molar-refractivity contribution < 1.29 is 4.79 Å². The van der Waals surface area contributed by atoms with E-state index < -0.39 is 0 Å². The third-order valence-electron chi connectivity index (χ3n) is 5.84. The Morgan fingerprint density at radius 1 is 1.26 bits per heavy atom. The van der Waals surface area contributed by atoms with E-state index in [4.69, 9.17) is 0 Å². The summed E-state index contributed by atoms with van der Waals surface area (Å²) in [7, 11) is 0. The molecule has 4 rings (SSSR count). The van der Waals surface area contributed by atoms with Gasteiger partial charge in [-0.15, -0.1) is 21.5 Å². The molecule has 27 heavy (non-hydrogen) atoms. The van der Waals surface area contributed by atoms with Crippen molar-refractivity contribution >= 4 is 17.2 Å². The van der Waals surface area contributed by atoms with Gasteiger partial charge >= 0.3 is 0 Å². The number of amides is 1. The number of fused-ring (bicyclic) bond motifs is 1. The fourth-order valence-electron chi connectivity index (χ4n) is 4.24. The van der Waals surface area contributed by atoms with Gasteiger partial charge in [0.05, 0.1) is 6.04 Å². The van der Waals surface area contributed by atoms with Gasteiger partial charge in [-0.25, -0.2) is 0 Å². The zero-order valence-electron chi connectivity index (χ0n) is 16.5.